The lowest BCUT2D eigenvalue weighted by atomic mass is 9.99. The Morgan fingerprint density at radius 2 is 1.97 bits per heavy atom. The zero-order valence-corrected chi connectivity index (χ0v) is 20.1. The molecule has 1 amide bonds. The molecule has 1 aromatic heterocycles. The second-order valence-electron chi connectivity index (χ2n) is 7.83. The Hall–Kier alpha value is -2.46. The van der Waals surface area contributed by atoms with Gasteiger partial charge in [0.2, 0.25) is 27.6 Å². The van der Waals surface area contributed by atoms with E-state index in [0.29, 0.717) is 42.4 Å². The summed E-state index contributed by atoms with van der Waals surface area (Å²) in [7, 11) is -3.93. The van der Waals surface area contributed by atoms with Gasteiger partial charge in [0.15, 0.2) is 0 Å². The van der Waals surface area contributed by atoms with Crippen LogP contribution in [-0.2, 0) is 21.4 Å². The molecule has 1 atom stereocenters. The van der Waals surface area contributed by atoms with Gasteiger partial charge in [-0.15, -0.1) is 0 Å². The van der Waals surface area contributed by atoms with Crippen LogP contribution in [0.15, 0.2) is 51.9 Å². The number of nitrogens with one attached hydrogen (secondary N) is 1. The molecule has 1 saturated heterocycles. The molecule has 0 saturated carbocycles. The molecular formula is C22H22Cl2N4O4S. The van der Waals surface area contributed by atoms with Crippen LogP contribution >= 0.6 is 23.2 Å². The predicted octanol–water partition coefficient (Wildman–Crippen LogP) is 4.07. The molecule has 33 heavy (non-hydrogen) atoms. The number of hydrogen-bond donors (Lipinski definition) is 1. The molecule has 4 rings (SSSR count). The fraction of sp³-hybridized carbons (Fsp3) is 0.318. The molecular weight excluding hydrogens is 487 g/mol. The van der Waals surface area contributed by atoms with Crippen LogP contribution in [0.25, 0.3) is 11.4 Å². The maximum atomic E-state index is 13.4. The number of halogens is 2. The normalized spacial score (nSPS) is 17.1. The zero-order chi connectivity index (χ0) is 23.6. The standard InChI is InChI=1S/C22H22Cl2N4O4S/c1-14-26-21(27-32-14)16-6-9-19(24)20(11-16)33(30,31)28-10-2-3-17(13-28)22(29)25-12-15-4-7-18(23)8-5-15/h4-9,11,17H,2-3,10,12-13H2,1H3,(H,25,29)/t17-/m1/s1. The number of aromatic nitrogens is 2. The summed E-state index contributed by atoms with van der Waals surface area (Å²) in [6, 6.07) is 11.7. The number of carbonyl (C=O) groups excluding carboxylic acids is 1. The van der Waals surface area contributed by atoms with Gasteiger partial charge in [0.1, 0.15) is 4.90 Å². The first kappa shape index (κ1) is 23.7. The molecule has 11 heteroatoms. The van der Waals surface area contributed by atoms with Crippen molar-refractivity contribution < 1.29 is 17.7 Å². The van der Waals surface area contributed by atoms with Crippen LogP contribution in [0.2, 0.25) is 10.0 Å². The van der Waals surface area contributed by atoms with Gasteiger partial charge < -0.3 is 9.84 Å². The highest BCUT2D eigenvalue weighted by Gasteiger charge is 2.34. The second kappa shape index (κ2) is 9.80. The second-order valence-corrected chi connectivity index (χ2v) is 10.6. The van der Waals surface area contributed by atoms with Crippen molar-refractivity contribution >= 4 is 39.1 Å². The third kappa shape index (κ3) is 5.38. The minimum Gasteiger partial charge on any atom is -0.352 e. The van der Waals surface area contributed by atoms with E-state index in [-0.39, 0.29) is 28.2 Å². The van der Waals surface area contributed by atoms with Crippen molar-refractivity contribution in [1.82, 2.24) is 19.8 Å². The van der Waals surface area contributed by atoms with Crippen LogP contribution in [0.1, 0.15) is 24.3 Å². The Labute approximate surface area is 201 Å². The van der Waals surface area contributed by atoms with Crippen molar-refractivity contribution in [2.75, 3.05) is 13.1 Å². The number of piperidine rings is 1. The van der Waals surface area contributed by atoms with E-state index in [9.17, 15) is 13.2 Å². The molecule has 0 aliphatic carbocycles. The van der Waals surface area contributed by atoms with Crippen LogP contribution in [-0.4, -0.2) is 41.9 Å². The number of rotatable bonds is 6. The predicted molar refractivity (Wildman–Crippen MR) is 124 cm³/mol. The summed E-state index contributed by atoms with van der Waals surface area (Å²) in [5.41, 5.74) is 1.39. The molecule has 0 unspecified atom stereocenters. The van der Waals surface area contributed by atoms with Crippen molar-refractivity contribution in [3.05, 3.63) is 64.0 Å². The van der Waals surface area contributed by atoms with Crippen LogP contribution in [0.4, 0.5) is 0 Å². The number of amides is 1. The largest absolute Gasteiger partial charge is 0.352 e. The first-order valence-corrected chi connectivity index (χ1v) is 12.6. The van der Waals surface area contributed by atoms with E-state index in [2.05, 4.69) is 15.5 Å². The van der Waals surface area contributed by atoms with Crippen molar-refractivity contribution in [1.29, 1.82) is 0 Å². The Bertz CT molecular complexity index is 1260. The van der Waals surface area contributed by atoms with Crippen LogP contribution < -0.4 is 5.32 Å². The molecule has 174 valence electrons. The molecule has 0 spiro atoms. The van der Waals surface area contributed by atoms with E-state index >= 15 is 0 Å². The molecule has 1 fully saturated rings. The van der Waals surface area contributed by atoms with Gasteiger partial charge >= 0.3 is 0 Å². The van der Waals surface area contributed by atoms with Gasteiger partial charge in [-0.25, -0.2) is 8.42 Å². The van der Waals surface area contributed by atoms with Crippen molar-refractivity contribution in [2.45, 2.75) is 31.2 Å². The lowest BCUT2D eigenvalue weighted by Gasteiger charge is -2.31. The Kier molecular flexibility index (Phi) is 7.04. The summed E-state index contributed by atoms with van der Waals surface area (Å²) in [4.78, 5) is 16.8. The average molecular weight is 509 g/mol. The van der Waals surface area contributed by atoms with E-state index in [1.54, 1.807) is 25.1 Å². The van der Waals surface area contributed by atoms with E-state index in [1.807, 2.05) is 12.1 Å². The minimum absolute atomic E-state index is 0.0497. The van der Waals surface area contributed by atoms with Gasteiger partial charge in [0.05, 0.1) is 10.9 Å². The maximum absolute atomic E-state index is 13.4. The van der Waals surface area contributed by atoms with Crippen LogP contribution in [0.5, 0.6) is 0 Å². The average Bonchev–Trinajstić information content (AvgIpc) is 3.25. The fourth-order valence-electron chi connectivity index (χ4n) is 3.71. The summed E-state index contributed by atoms with van der Waals surface area (Å²) in [6.07, 6.45) is 1.17. The van der Waals surface area contributed by atoms with E-state index < -0.39 is 15.9 Å². The van der Waals surface area contributed by atoms with E-state index in [1.165, 1.54) is 16.4 Å². The first-order chi connectivity index (χ1) is 15.7. The first-order valence-electron chi connectivity index (χ1n) is 10.4. The molecule has 1 aliphatic rings. The number of aryl methyl sites for hydroxylation is 1. The maximum Gasteiger partial charge on any atom is 0.244 e. The van der Waals surface area contributed by atoms with Gasteiger partial charge in [0.25, 0.3) is 0 Å². The quantitative estimate of drug-likeness (QED) is 0.537. The smallest absolute Gasteiger partial charge is 0.244 e. The molecule has 2 aromatic carbocycles. The SMILES string of the molecule is Cc1nc(-c2ccc(Cl)c(S(=O)(=O)N3CCC[C@@H](C(=O)NCc4ccc(Cl)cc4)C3)c2)no1. The zero-order valence-electron chi connectivity index (χ0n) is 17.8. The molecule has 2 heterocycles. The van der Waals surface area contributed by atoms with E-state index in [0.717, 1.165) is 5.56 Å². The molecule has 1 aliphatic heterocycles. The fourth-order valence-corrected chi connectivity index (χ4v) is 5.86. The molecule has 3 aromatic rings. The monoisotopic (exact) mass is 508 g/mol. The lowest BCUT2D eigenvalue weighted by molar-refractivity contribution is -0.126. The van der Waals surface area contributed by atoms with Gasteiger partial charge in [-0.05, 0) is 48.7 Å². The third-order valence-electron chi connectivity index (χ3n) is 5.47. The van der Waals surface area contributed by atoms with Crippen LogP contribution in [0, 0.1) is 12.8 Å². The van der Waals surface area contributed by atoms with Crippen molar-refractivity contribution in [3.8, 4) is 11.4 Å². The third-order valence-corrected chi connectivity index (χ3v) is 8.07. The lowest BCUT2D eigenvalue weighted by Crippen LogP contribution is -2.45. The Morgan fingerprint density at radius 1 is 1.21 bits per heavy atom. The highest BCUT2D eigenvalue weighted by atomic mass is 35.5. The van der Waals surface area contributed by atoms with Gasteiger partial charge in [-0.1, -0.05) is 40.5 Å². The Balaban J connectivity index is 1.49. The van der Waals surface area contributed by atoms with Crippen molar-refractivity contribution in [2.24, 2.45) is 5.92 Å². The summed E-state index contributed by atoms with van der Waals surface area (Å²) in [5, 5.41) is 7.44. The van der Waals surface area contributed by atoms with Gasteiger partial charge in [-0.2, -0.15) is 9.29 Å². The molecule has 8 nitrogen and oxygen atoms in total. The Morgan fingerprint density at radius 3 is 2.67 bits per heavy atom. The number of benzene rings is 2. The number of carbonyl (C=O) groups is 1. The number of sulfonamides is 1. The summed E-state index contributed by atoms with van der Waals surface area (Å²) in [6.45, 7) is 2.38. The van der Waals surface area contributed by atoms with Gasteiger partial charge in [-0.3, -0.25) is 4.79 Å². The number of hydrogen-bond acceptors (Lipinski definition) is 6. The highest BCUT2D eigenvalue weighted by Crippen LogP contribution is 2.31. The van der Waals surface area contributed by atoms with Crippen LogP contribution in [0.3, 0.4) is 0 Å². The minimum atomic E-state index is -3.93. The summed E-state index contributed by atoms with van der Waals surface area (Å²) >= 11 is 12.2. The summed E-state index contributed by atoms with van der Waals surface area (Å²) in [5.74, 6) is 0.00108. The van der Waals surface area contributed by atoms with Gasteiger partial charge in [0, 0.05) is 37.1 Å². The molecule has 0 radical (unpaired) electrons. The summed E-state index contributed by atoms with van der Waals surface area (Å²) < 4.78 is 33.1. The molecule has 1 N–H and O–H groups in total. The topological polar surface area (TPSA) is 105 Å². The van der Waals surface area contributed by atoms with E-state index in [4.69, 9.17) is 27.7 Å². The number of nitrogens with zero attached hydrogens (tertiary/aromatic N) is 3. The molecule has 0 bridgehead atoms. The van der Waals surface area contributed by atoms with Crippen molar-refractivity contribution in [3.63, 3.8) is 0 Å². The highest BCUT2D eigenvalue weighted by molar-refractivity contribution is 7.89.